The van der Waals surface area contributed by atoms with E-state index < -0.39 is 6.10 Å². The Morgan fingerprint density at radius 2 is 0.513 bits per heavy atom. The van der Waals surface area contributed by atoms with Crippen molar-refractivity contribution in [3.63, 3.8) is 0 Å². The maximum atomic E-state index is 12.9. The van der Waals surface area contributed by atoms with Crippen molar-refractivity contribution >= 4 is 17.9 Å². The van der Waals surface area contributed by atoms with E-state index in [1.165, 1.54) is 109 Å². The number of carbonyl (C=O) groups excluding carboxylic acids is 3. The van der Waals surface area contributed by atoms with E-state index in [0.29, 0.717) is 19.3 Å². The molecule has 0 spiro atoms. The minimum absolute atomic E-state index is 0.105. The zero-order valence-corrected chi connectivity index (χ0v) is 49.5. The van der Waals surface area contributed by atoms with Gasteiger partial charge >= 0.3 is 17.9 Å². The van der Waals surface area contributed by atoms with Crippen LogP contribution in [0.1, 0.15) is 284 Å². The monoisotopic (exact) mass is 1050 g/mol. The second-order valence-electron chi connectivity index (χ2n) is 20.6. The Balaban J connectivity index is 4.42. The number of hydrogen-bond acceptors (Lipinski definition) is 6. The van der Waals surface area contributed by atoms with Crippen LogP contribution in [0.25, 0.3) is 0 Å². The zero-order chi connectivity index (χ0) is 55.0. The number of hydrogen-bond donors (Lipinski definition) is 0. The van der Waals surface area contributed by atoms with Crippen molar-refractivity contribution in [1.29, 1.82) is 0 Å². The third kappa shape index (κ3) is 60.7. The third-order valence-electron chi connectivity index (χ3n) is 13.2. The third-order valence-corrected chi connectivity index (χ3v) is 13.2. The minimum Gasteiger partial charge on any atom is -0.462 e. The van der Waals surface area contributed by atoms with Gasteiger partial charge in [0.2, 0.25) is 0 Å². The van der Waals surface area contributed by atoms with E-state index >= 15 is 0 Å². The molecule has 432 valence electrons. The van der Waals surface area contributed by atoms with E-state index in [1.54, 1.807) is 0 Å². The second kappa shape index (κ2) is 63.3. The molecule has 0 radical (unpaired) electrons. The largest absolute Gasteiger partial charge is 0.462 e. The highest BCUT2D eigenvalue weighted by Gasteiger charge is 2.19. The van der Waals surface area contributed by atoms with Crippen LogP contribution >= 0.6 is 0 Å². The van der Waals surface area contributed by atoms with Gasteiger partial charge in [-0.05, 0) is 109 Å². The summed E-state index contributed by atoms with van der Waals surface area (Å²) in [5.74, 6) is -0.959. The molecule has 0 rings (SSSR count). The molecule has 0 aliphatic heterocycles. The number of allylic oxidation sites excluding steroid dienone is 20. The Morgan fingerprint density at radius 1 is 0.276 bits per heavy atom. The Hall–Kier alpha value is -4.19. The smallest absolute Gasteiger partial charge is 0.306 e. The molecule has 6 heteroatoms. The van der Waals surface area contributed by atoms with E-state index in [1.807, 2.05) is 0 Å². The number of esters is 3. The fraction of sp³-hybridized carbons (Fsp3) is 0.671. The van der Waals surface area contributed by atoms with Gasteiger partial charge in [-0.3, -0.25) is 14.4 Å². The SMILES string of the molecule is CC/C=C\C/C=C\C/C=C\C/C=C\C/C=C\C/C=C\C/C=C\CCCCCC(=O)OCC(COC(=O)CCCCC/C=C\C/C=C\C/C=C\CC)OC(=O)CCCCCCCCCCCCCCCCCCCCCC. The molecule has 6 nitrogen and oxygen atoms in total. The summed E-state index contributed by atoms with van der Waals surface area (Å²) < 4.78 is 16.9. The fourth-order valence-electron chi connectivity index (χ4n) is 8.56. The summed E-state index contributed by atoms with van der Waals surface area (Å²) in [6.45, 7) is 6.38. The molecule has 0 aromatic rings. The van der Waals surface area contributed by atoms with E-state index in [4.69, 9.17) is 14.2 Å². The molecule has 76 heavy (non-hydrogen) atoms. The van der Waals surface area contributed by atoms with Crippen LogP contribution in [-0.4, -0.2) is 37.2 Å². The van der Waals surface area contributed by atoms with Crippen LogP contribution in [0.15, 0.2) is 122 Å². The molecule has 0 aromatic heterocycles. The van der Waals surface area contributed by atoms with Crippen molar-refractivity contribution in [2.24, 2.45) is 0 Å². The van der Waals surface area contributed by atoms with Gasteiger partial charge in [-0.15, -0.1) is 0 Å². The van der Waals surface area contributed by atoms with Crippen molar-refractivity contribution in [3.8, 4) is 0 Å². The molecule has 0 fully saturated rings. The van der Waals surface area contributed by atoms with Crippen LogP contribution in [0.3, 0.4) is 0 Å². The average molecular weight is 1050 g/mol. The molecular weight excluding hydrogens is 937 g/mol. The van der Waals surface area contributed by atoms with E-state index in [9.17, 15) is 14.4 Å². The number of rotatable bonds is 56. The predicted molar refractivity (Wildman–Crippen MR) is 330 cm³/mol. The lowest BCUT2D eigenvalue weighted by atomic mass is 10.0. The van der Waals surface area contributed by atoms with Crippen molar-refractivity contribution in [3.05, 3.63) is 122 Å². The summed E-state index contributed by atoms with van der Waals surface area (Å²) in [6.07, 6.45) is 87.8. The number of unbranched alkanes of at least 4 members (excludes halogenated alkanes) is 25. The topological polar surface area (TPSA) is 78.9 Å². The highest BCUT2D eigenvalue weighted by atomic mass is 16.6. The molecule has 0 heterocycles. The Bertz CT molecular complexity index is 1590. The molecule has 0 amide bonds. The van der Waals surface area contributed by atoms with E-state index in [2.05, 4.69) is 142 Å². The van der Waals surface area contributed by atoms with Crippen molar-refractivity contribution < 1.29 is 28.6 Å². The summed E-state index contributed by atoms with van der Waals surface area (Å²) in [5.41, 5.74) is 0. The van der Waals surface area contributed by atoms with Crippen LogP contribution in [0.2, 0.25) is 0 Å². The summed E-state index contributed by atoms with van der Waals surface area (Å²) in [6, 6.07) is 0. The van der Waals surface area contributed by atoms with Crippen LogP contribution in [0, 0.1) is 0 Å². The maximum Gasteiger partial charge on any atom is 0.306 e. The Morgan fingerprint density at radius 3 is 0.803 bits per heavy atom. The van der Waals surface area contributed by atoms with E-state index in [-0.39, 0.29) is 31.1 Å². The second-order valence-corrected chi connectivity index (χ2v) is 20.6. The van der Waals surface area contributed by atoms with Crippen molar-refractivity contribution in [2.75, 3.05) is 13.2 Å². The first-order chi connectivity index (χ1) is 37.5. The lowest BCUT2D eigenvalue weighted by Crippen LogP contribution is -2.30. The first-order valence-corrected chi connectivity index (χ1v) is 31.5. The van der Waals surface area contributed by atoms with Crippen molar-refractivity contribution in [2.45, 2.75) is 290 Å². The van der Waals surface area contributed by atoms with Gasteiger partial charge in [0.05, 0.1) is 0 Å². The normalized spacial score (nSPS) is 12.9. The van der Waals surface area contributed by atoms with Gasteiger partial charge in [-0.25, -0.2) is 0 Å². The zero-order valence-electron chi connectivity index (χ0n) is 49.5. The maximum absolute atomic E-state index is 12.9. The van der Waals surface area contributed by atoms with Crippen LogP contribution in [-0.2, 0) is 28.6 Å². The molecule has 0 saturated heterocycles. The van der Waals surface area contributed by atoms with Crippen molar-refractivity contribution in [1.82, 2.24) is 0 Å². The Kier molecular flexibility index (Phi) is 59.9. The summed E-state index contributed by atoms with van der Waals surface area (Å²) >= 11 is 0. The minimum atomic E-state index is -0.807. The highest BCUT2D eigenvalue weighted by molar-refractivity contribution is 5.71. The van der Waals surface area contributed by atoms with Gasteiger partial charge in [0.25, 0.3) is 0 Å². The van der Waals surface area contributed by atoms with Gasteiger partial charge in [-0.1, -0.05) is 277 Å². The molecule has 1 unspecified atom stereocenters. The molecule has 0 aliphatic rings. The standard InChI is InChI=1S/C70H116O6/c1-4-7-10-13-16-19-22-25-27-29-31-33-34-35-36-37-39-40-42-45-48-51-54-57-60-63-69(72)75-66-67(65-74-68(71)62-59-56-53-50-47-44-24-21-18-15-12-9-6-3)76-70(73)64-61-58-55-52-49-46-43-41-38-32-30-28-26-23-20-17-14-11-8-5-2/h7,9-10,12,16,18-19,21,25,27,31,33,35-36,39-40,44-45,47-48,67H,4-6,8,11,13-15,17,20,22-24,26,28-30,32,34,37-38,41-43,46,49-66H2,1-3H3/b10-7-,12-9-,19-16-,21-18-,27-25-,33-31-,36-35-,40-39-,47-44-,48-45-. The van der Waals surface area contributed by atoms with Crippen LogP contribution in [0.4, 0.5) is 0 Å². The highest BCUT2D eigenvalue weighted by Crippen LogP contribution is 2.16. The number of carbonyl (C=O) groups is 3. The predicted octanol–water partition coefficient (Wildman–Crippen LogP) is 21.6. The van der Waals surface area contributed by atoms with Gasteiger partial charge in [0.1, 0.15) is 13.2 Å². The van der Waals surface area contributed by atoms with Crippen LogP contribution < -0.4 is 0 Å². The molecule has 0 aliphatic carbocycles. The van der Waals surface area contributed by atoms with Gasteiger partial charge in [0.15, 0.2) is 6.10 Å². The molecule has 0 saturated carbocycles. The first kappa shape index (κ1) is 71.8. The lowest BCUT2D eigenvalue weighted by molar-refractivity contribution is -0.167. The summed E-state index contributed by atoms with van der Waals surface area (Å²) in [5, 5.41) is 0. The molecule has 0 bridgehead atoms. The molecule has 0 aromatic carbocycles. The Labute approximate surface area is 469 Å². The summed E-state index contributed by atoms with van der Waals surface area (Å²) in [4.78, 5) is 38.3. The lowest BCUT2D eigenvalue weighted by Gasteiger charge is -2.18. The molecular formula is C70H116O6. The van der Waals surface area contributed by atoms with Gasteiger partial charge < -0.3 is 14.2 Å². The van der Waals surface area contributed by atoms with Crippen LogP contribution in [0.5, 0.6) is 0 Å². The van der Waals surface area contributed by atoms with E-state index in [0.717, 1.165) is 135 Å². The molecule has 0 N–H and O–H groups in total. The average Bonchev–Trinajstić information content (AvgIpc) is 3.42. The summed E-state index contributed by atoms with van der Waals surface area (Å²) in [7, 11) is 0. The first-order valence-electron chi connectivity index (χ1n) is 31.5. The fourth-order valence-corrected chi connectivity index (χ4v) is 8.56. The van der Waals surface area contributed by atoms with Gasteiger partial charge in [0, 0.05) is 19.3 Å². The quantitative estimate of drug-likeness (QED) is 0.0261. The molecule has 1 atom stereocenters. The van der Waals surface area contributed by atoms with Gasteiger partial charge in [-0.2, -0.15) is 0 Å². The number of ether oxygens (including phenoxy) is 3.